The second-order valence-corrected chi connectivity index (χ2v) is 8.07. The Morgan fingerprint density at radius 1 is 1.03 bits per heavy atom. The zero-order valence-electron chi connectivity index (χ0n) is 19.6. The monoisotopic (exact) mass is 488 g/mol. The highest BCUT2D eigenvalue weighted by molar-refractivity contribution is 5.90. The summed E-state index contributed by atoms with van der Waals surface area (Å²) in [5.41, 5.74) is 2.86. The molecule has 1 atom stereocenters. The fourth-order valence-corrected chi connectivity index (χ4v) is 3.60. The number of benzene rings is 2. The van der Waals surface area contributed by atoms with E-state index in [-0.39, 0.29) is 37.0 Å². The van der Waals surface area contributed by atoms with Crippen LogP contribution in [0.1, 0.15) is 11.4 Å². The summed E-state index contributed by atoms with van der Waals surface area (Å²) in [7, 11) is 1.42. The number of Topliss-reactive ketones (excluding diaryl/α,β-unsaturated/α-hetero) is 1. The molecule has 0 spiro atoms. The van der Waals surface area contributed by atoms with Gasteiger partial charge in [-0.1, -0.05) is 6.07 Å². The first-order valence-corrected chi connectivity index (χ1v) is 11.3. The fraction of sp³-hybridized carbons (Fsp3) is 0.185. The lowest BCUT2D eigenvalue weighted by Gasteiger charge is -2.17. The third-order valence-corrected chi connectivity index (χ3v) is 5.34. The number of nitrogens with zero attached hydrogens (tertiary/aromatic N) is 2. The van der Waals surface area contributed by atoms with Gasteiger partial charge < -0.3 is 19.8 Å². The van der Waals surface area contributed by atoms with Crippen molar-refractivity contribution < 1.29 is 23.5 Å². The summed E-state index contributed by atoms with van der Waals surface area (Å²) in [6.45, 7) is -0.138. The first-order chi connectivity index (χ1) is 17.5. The van der Waals surface area contributed by atoms with E-state index >= 15 is 0 Å². The number of ketones is 1. The molecule has 0 unspecified atom stereocenters. The van der Waals surface area contributed by atoms with Gasteiger partial charge in [-0.15, -0.1) is 0 Å². The molecule has 8 nitrogen and oxygen atoms in total. The van der Waals surface area contributed by atoms with Crippen molar-refractivity contribution >= 4 is 11.7 Å². The van der Waals surface area contributed by atoms with Crippen LogP contribution in [-0.2, 0) is 27.2 Å². The number of H-pyrrole nitrogens is 1. The van der Waals surface area contributed by atoms with Gasteiger partial charge in [0.2, 0.25) is 5.91 Å². The molecule has 1 amide bonds. The maximum atomic E-state index is 13.1. The van der Waals surface area contributed by atoms with Crippen molar-refractivity contribution in [2.45, 2.75) is 18.9 Å². The molecule has 0 aliphatic carbocycles. The van der Waals surface area contributed by atoms with Gasteiger partial charge in [-0.2, -0.15) is 0 Å². The molecule has 9 heteroatoms. The zero-order valence-corrected chi connectivity index (χ0v) is 19.6. The van der Waals surface area contributed by atoms with Crippen LogP contribution in [-0.4, -0.2) is 46.4 Å². The third kappa shape index (κ3) is 6.83. The van der Waals surface area contributed by atoms with Crippen molar-refractivity contribution in [2.75, 3.05) is 13.7 Å². The van der Waals surface area contributed by atoms with Gasteiger partial charge in [0.05, 0.1) is 24.5 Å². The van der Waals surface area contributed by atoms with E-state index in [1.807, 2.05) is 24.3 Å². The fourth-order valence-electron chi connectivity index (χ4n) is 3.60. The molecular formula is C27H25FN4O4. The van der Waals surface area contributed by atoms with Gasteiger partial charge in [-0.25, -0.2) is 9.37 Å². The quantitative estimate of drug-likeness (QED) is 0.332. The molecule has 0 saturated heterocycles. The Labute approximate surface area is 207 Å². The van der Waals surface area contributed by atoms with Crippen LogP contribution < -0.4 is 10.1 Å². The minimum atomic E-state index is -0.749. The molecule has 0 aliphatic heterocycles. The van der Waals surface area contributed by atoms with Crippen molar-refractivity contribution in [1.29, 1.82) is 0 Å². The number of pyridine rings is 1. The lowest BCUT2D eigenvalue weighted by Crippen LogP contribution is -2.44. The molecule has 184 valence electrons. The Hall–Kier alpha value is -4.37. The number of hydrogen-bond donors (Lipinski definition) is 2. The van der Waals surface area contributed by atoms with Crippen molar-refractivity contribution in [3.63, 3.8) is 0 Å². The highest BCUT2D eigenvalue weighted by atomic mass is 19.1. The van der Waals surface area contributed by atoms with Gasteiger partial charge >= 0.3 is 0 Å². The molecular weight excluding hydrogens is 463 g/mol. The number of aromatic amines is 1. The van der Waals surface area contributed by atoms with Crippen molar-refractivity contribution in [1.82, 2.24) is 20.3 Å². The molecule has 36 heavy (non-hydrogen) atoms. The third-order valence-electron chi connectivity index (χ3n) is 5.34. The maximum absolute atomic E-state index is 13.1. The number of nitrogens with one attached hydrogen (secondary N) is 2. The predicted octanol–water partition coefficient (Wildman–Crippen LogP) is 3.89. The first kappa shape index (κ1) is 24.7. The molecule has 2 N–H and O–H groups in total. The second kappa shape index (κ2) is 11.9. The van der Waals surface area contributed by atoms with E-state index in [9.17, 15) is 14.0 Å². The number of aromatic nitrogens is 3. The number of carbonyl (C=O) groups excluding carboxylic acids is 2. The number of rotatable bonds is 11. The van der Waals surface area contributed by atoms with Crippen LogP contribution in [0.3, 0.4) is 0 Å². The molecule has 2 heterocycles. The molecule has 2 aromatic heterocycles. The Balaban J connectivity index is 1.44. The molecule has 4 rings (SSSR count). The topological polar surface area (TPSA) is 106 Å². The summed E-state index contributed by atoms with van der Waals surface area (Å²) >= 11 is 0. The summed E-state index contributed by atoms with van der Waals surface area (Å²) in [4.78, 5) is 36.7. The number of imidazole rings is 1. The molecule has 0 fully saturated rings. The Morgan fingerprint density at radius 2 is 1.75 bits per heavy atom. The van der Waals surface area contributed by atoms with Crippen LogP contribution in [0, 0.1) is 5.82 Å². The summed E-state index contributed by atoms with van der Waals surface area (Å²) in [5.74, 6) is 0.254. The van der Waals surface area contributed by atoms with E-state index < -0.39 is 6.04 Å². The largest absolute Gasteiger partial charge is 0.457 e. The number of ether oxygens (including phenoxy) is 2. The Morgan fingerprint density at radius 3 is 2.42 bits per heavy atom. The van der Waals surface area contributed by atoms with Crippen molar-refractivity contribution in [3.8, 4) is 22.8 Å². The molecule has 0 saturated carbocycles. The number of carbonyl (C=O) groups is 2. The summed E-state index contributed by atoms with van der Waals surface area (Å²) < 4.78 is 23.7. The van der Waals surface area contributed by atoms with Crippen molar-refractivity contribution in [3.05, 3.63) is 96.5 Å². The Bertz CT molecular complexity index is 1290. The van der Waals surface area contributed by atoms with Crippen LogP contribution >= 0.6 is 0 Å². The van der Waals surface area contributed by atoms with Gasteiger partial charge in [0.1, 0.15) is 23.9 Å². The number of amides is 1. The molecule has 4 aromatic rings. The maximum Gasteiger partial charge on any atom is 0.246 e. The minimum Gasteiger partial charge on any atom is -0.457 e. The van der Waals surface area contributed by atoms with Crippen LogP contribution in [0.2, 0.25) is 0 Å². The SMILES string of the molecule is COCC(=O)N[C@@H](Cc1cnc[nH]1)C(=O)Cc1cccc(-c2ccc(Oc3ccc(F)cc3)cc2)n1. The van der Waals surface area contributed by atoms with Gasteiger partial charge in [-0.05, 0) is 60.7 Å². The van der Waals surface area contributed by atoms with Crippen LogP contribution in [0.4, 0.5) is 4.39 Å². The lowest BCUT2D eigenvalue weighted by atomic mass is 10.0. The van der Waals surface area contributed by atoms with Crippen molar-refractivity contribution in [2.24, 2.45) is 0 Å². The lowest BCUT2D eigenvalue weighted by molar-refractivity contribution is -0.129. The first-order valence-electron chi connectivity index (χ1n) is 11.3. The van der Waals surface area contributed by atoms with E-state index in [0.29, 0.717) is 22.9 Å². The Kier molecular flexibility index (Phi) is 8.15. The average molecular weight is 489 g/mol. The minimum absolute atomic E-state index is 0.0473. The normalized spacial score (nSPS) is 11.6. The number of halogens is 1. The van der Waals surface area contributed by atoms with Gasteiger partial charge in [-0.3, -0.25) is 14.6 Å². The highest BCUT2D eigenvalue weighted by Gasteiger charge is 2.22. The smallest absolute Gasteiger partial charge is 0.246 e. The van der Waals surface area contributed by atoms with Crippen LogP contribution in [0.5, 0.6) is 11.5 Å². The van der Waals surface area contributed by atoms with Crippen LogP contribution in [0.25, 0.3) is 11.3 Å². The van der Waals surface area contributed by atoms with E-state index in [4.69, 9.17) is 9.47 Å². The van der Waals surface area contributed by atoms with Crippen LogP contribution in [0.15, 0.2) is 79.3 Å². The number of hydrogen-bond acceptors (Lipinski definition) is 6. The van der Waals surface area contributed by atoms with Gasteiger partial charge in [0.25, 0.3) is 0 Å². The predicted molar refractivity (Wildman–Crippen MR) is 131 cm³/mol. The highest BCUT2D eigenvalue weighted by Crippen LogP contribution is 2.25. The number of methoxy groups -OCH3 is 1. The molecule has 0 radical (unpaired) electrons. The molecule has 2 aromatic carbocycles. The summed E-state index contributed by atoms with van der Waals surface area (Å²) in [6.07, 6.45) is 3.47. The van der Waals surface area contributed by atoms with Gasteiger partial charge in [0.15, 0.2) is 5.78 Å². The zero-order chi connectivity index (χ0) is 25.3. The summed E-state index contributed by atoms with van der Waals surface area (Å²) in [6, 6.07) is 17.8. The molecule has 0 aliphatic rings. The molecule has 0 bridgehead atoms. The second-order valence-electron chi connectivity index (χ2n) is 8.07. The standard InChI is InChI=1S/C27H25FN4O4/c1-35-16-27(34)32-25(13-21-15-29-17-30-21)26(33)14-20-3-2-4-24(31-20)18-5-9-22(10-6-18)36-23-11-7-19(28)8-12-23/h2-12,15,17,25H,13-14,16H2,1H3,(H,29,30)(H,32,34)/t25-/m0/s1. The average Bonchev–Trinajstić information content (AvgIpc) is 3.39. The van der Waals surface area contributed by atoms with E-state index in [1.165, 1.54) is 25.6 Å². The van der Waals surface area contributed by atoms with E-state index in [2.05, 4.69) is 20.3 Å². The van der Waals surface area contributed by atoms with Gasteiger partial charge in [0, 0.05) is 36.7 Å². The van der Waals surface area contributed by atoms with E-state index in [1.54, 1.807) is 36.5 Å². The van der Waals surface area contributed by atoms with E-state index in [0.717, 1.165) is 11.3 Å². The summed E-state index contributed by atoms with van der Waals surface area (Å²) in [5, 5.41) is 2.73.